The van der Waals surface area contributed by atoms with E-state index in [-0.39, 0.29) is 19.0 Å². The van der Waals surface area contributed by atoms with Gasteiger partial charge in [0, 0.05) is 11.1 Å². The lowest BCUT2D eigenvalue weighted by atomic mass is 10.0. The number of nitrogens with zero attached hydrogens (tertiary/aromatic N) is 1. The fourth-order valence-corrected chi connectivity index (χ4v) is 3.37. The molecule has 2 amide bonds. The van der Waals surface area contributed by atoms with Gasteiger partial charge in [0.15, 0.2) is 12.4 Å². The van der Waals surface area contributed by atoms with Gasteiger partial charge >= 0.3 is 12.1 Å². The third-order valence-electron chi connectivity index (χ3n) is 5.16. The standard InChI is InChI=1S/C32H43N3O8/c1-30(2,3)41-19-25(27(37)22-14-16-24(17-15-22)40-20-26(36)42-31(4,5)6)34-28(38)23-12-10-21(11-13-23)18-33-35-29(39)43-32(7,8)9/h10-18,25H,19-20H2,1-9H3,(H,34,38)(H,35,39)/t25-/m0/s1. The molecule has 0 unspecified atom stereocenters. The number of Topliss-reactive ketones (excluding diaryl/α,β-unsaturated/α-hetero) is 1. The average Bonchev–Trinajstić information content (AvgIpc) is 2.87. The van der Waals surface area contributed by atoms with Gasteiger partial charge in [0.05, 0.1) is 18.4 Å². The molecule has 0 aliphatic carbocycles. The minimum absolute atomic E-state index is 0.0496. The first kappa shape index (κ1) is 34.9. The second-order valence-corrected chi connectivity index (χ2v) is 12.7. The van der Waals surface area contributed by atoms with Crippen LogP contribution in [0.4, 0.5) is 4.79 Å². The Morgan fingerprint density at radius 2 is 1.33 bits per heavy atom. The molecule has 0 spiro atoms. The Balaban J connectivity index is 2.07. The molecule has 1 atom stereocenters. The van der Waals surface area contributed by atoms with Crippen molar-refractivity contribution in [3.05, 3.63) is 65.2 Å². The van der Waals surface area contributed by atoms with Crippen molar-refractivity contribution < 1.29 is 38.1 Å². The number of carbonyl (C=O) groups excluding carboxylic acids is 4. The first-order chi connectivity index (χ1) is 19.8. The monoisotopic (exact) mass is 597 g/mol. The second kappa shape index (κ2) is 14.8. The molecule has 0 aliphatic rings. The van der Waals surface area contributed by atoms with Crippen LogP contribution >= 0.6 is 0 Å². The van der Waals surface area contributed by atoms with E-state index in [9.17, 15) is 19.2 Å². The van der Waals surface area contributed by atoms with Gasteiger partial charge in [-0.05, 0) is 104 Å². The topological polar surface area (TPSA) is 142 Å². The molecule has 0 aromatic heterocycles. The number of amides is 2. The predicted octanol–water partition coefficient (Wildman–Crippen LogP) is 5.06. The van der Waals surface area contributed by atoms with Gasteiger partial charge in [-0.2, -0.15) is 5.10 Å². The summed E-state index contributed by atoms with van der Waals surface area (Å²) in [4.78, 5) is 50.1. The van der Waals surface area contributed by atoms with Crippen molar-refractivity contribution in [1.82, 2.24) is 10.7 Å². The molecule has 11 heteroatoms. The molecular formula is C32H43N3O8. The minimum Gasteiger partial charge on any atom is -0.482 e. The largest absolute Gasteiger partial charge is 0.482 e. The predicted molar refractivity (Wildman–Crippen MR) is 162 cm³/mol. The minimum atomic E-state index is -0.973. The maximum atomic E-state index is 13.4. The summed E-state index contributed by atoms with van der Waals surface area (Å²) >= 11 is 0. The molecule has 43 heavy (non-hydrogen) atoms. The Morgan fingerprint density at radius 1 is 0.767 bits per heavy atom. The van der Waals surface area contributed by atoms with Crippen molar-refractivity contribution in [3.8, 4) is 5.75 Å². The SMILES string of the molecule is CC(C)(C)OC[C@H](NC(=O)c1ccc(C=NNC(=O)OC(C)(C)C)cc1)C(=O)c1ccc(OCC(=O)OC(C)(C)C)cc1. The van der Waals surface area contributed by atoms with E-state index in [0.29, 0.717) is 22.4 Å². The highest BCUT2D eigenvalue weighted by Gasteiger charge is 2.26. The fourth-order valence-electron chi connectivity index (χ4n) is 3.37. The molecule has 2 aromatic carbocycles. The number of nitrogens with one attached hydrogen (secondary N) is 2. The lowest BCUT2D eigenvalue weighted by Gasteiger charge is -2.24. The summed E-state index contributed by atoms with van der Waals surface area (Å²) in [7, 11) is 0. The summed E-state index contributed by atoms with van der Waals surface area (Å²) in [6.07, 6.45) is 0.728. The fraction of sp³-hybridized carbons (Fsp3) is 0.469. The van der Waals surface area contributed by atoms with E-state index in [1.165, 1.54) is 6.21 Å². The Labute approximate surface area is 253 Å². The highest BCUT2D eigenvalue weighted by molar-refractivity contribution is 6.04. The first-order valence-corrected chi connectivity index (χ1v) is 13.9. The summed E-state index contributed by atoms with van der Waals surface area (Å²) in [5.41, 5.74) is 1.74. The van der Waals surface area contributed by atoms with Gasteiger partial charge in [-0.3, -0.25) is 9.59 Å². The maximum absolute atomic E-state index is 13.4. The van der Waals surface area contributed by atoms with Gasteiger partial charge in [-0.1, -0.05) is 12.1 Å². The zero-order chi connectivity index (χ0) is 32.4. The molecule has 0 bridgehead atoms. The van der Waals surface area contributed by atoms with Gasteiger partial charge in [-0.15, -0.1) is 0 Å². The van der Waals surface area contributed by atoms with Gasteiger partial charge in [0.1, 0.15) is 23.0 Å². The summed E-state index contributed by atoms with van der Waals surface area (Å²) in [5, 5.41) is 6.62. The van der Waals surface area contributed by atoms with E-state index in [0.717, 1.165) is 0 Å². The van der Waals surface area contributed by atoms with Crippen molar-refractivity contribution in [2.75, 3.05) is 13.2 Å². The Kier molecular flexibility index (Phi) is 12.0. The van der Waals surface area contributed by atoms with Crippen LogP contribution in [0.1, 0.15) is 88.6 Å². The normalized spacial score (nSPS) is 12.8. The third-order valence-corrected chi connectivity index (χ3v) is 5.16. The summed E-state index contributed by atoms with van der Waals surface area (Å²) in [6.45, 7) is 15.8. The smallest absolute Gasteiger partial charge is 0.428 e. The molecule has 0 fully saturated rings. The zero-order valence-corrected chi connectivity index (χ0v) is 26.4. The molecule has 0 saturated carbocycles. The Morgan fingerprint density at radius 3 is 1.86 bits per heavy atom. The number of esters is 1. The van der Waals surface area contributed by atoms with Crippen molar-refractivity contribution in [1.29, 1.82) is 0 Å². The molecule has 2 rings (SSSR count). The first-order valence-electron chi connectivity index (χ1n) is 13.9. The van der Waals surface area contributed by atoms with Crippen molar-refractivity contribution in [2.45, 2.75) is 85.2 Å². The molecule has 0 heterocycles. The lowest BCUT2D eigenvalue weighted by molar-refractivity contribution is -0.157. The van der Waals surface area contributed by atoms with Crippen LogP contribution in [0, 0.1) is 0 Å². The number of hydrogen-bond donors (Lipinski definition) is 2. The highest BCUT2D eigenvalue weighted by Crippen LogP contribution is 2.17. The van der Waals surface area contributed by atoms with Gasteiger partial charge in [0.25, 0.3) is 5.91 Å². The number of benzene rings is 2. The van der Waals surface area contributed by atoms with Crippen LogP contribution in [0.2, 0.25) is 0 Å². The van der Waals surface area contributed by atoms with Crippen LogP contribution in [-0.4, -0.2) is 66.0 Å². The van der Waals surface area contributed by atoms with Crippen LogP contribution in [0.3, 0.4) is 0 Å². The van der Waals surface area contributed by atoms with Crippen molar-refractivity contribution >= 4 is 30.0 Å². The molecular weight excluding hydrogens is 554 g/mol. The Bertz CT molecular complexity index is 1280. The van der Waals surface area contributed by atoms with E-state index in [1.807, 2.05) is 20.8 Å². The lowest BCUT2D eigenvalue weighted by Crippen LogP contribution is -2.45. The quantitative estimate of drug-likeness (QED) is 0.158. The number of hydrogen-bond acceptors (Lipinski definition) is 9. The summed E-state index contributed by atoms with van der Waals surface area (Å²) in [6, 6.07) is 11.7. The van der Waals surface area contributed by atoms with Crippen LogP contribution < -0.4 is 15.5 Å². The van der Waals surface area contributed by atoms with Crippen LogP contribution in [0.25, 0.3) is 0 Å². The number of rotatable bonds is 11. The molecule has 2 N–H and O–H groups in total. The maximum Gasteiger partial charge on any atom is 0.428 e. The van der Waals surface area contributed by atoms with Crippen molar-refractivity contribution in [3.63, 3.8) is 0 Å². The van der Waals surface area contributed by atoms with Crippen molar-refractivity contribution in [2.24, 2.45) is 5.10 Å². The van der Waals surface area contributed by atoms with E-state index in [4.69, 9.17) is 18.9 Å². The number of ether oxygens (including phenoxy) is 4. The van der Waals surface area contributed by atoms with E-state index >= 15 is 0 Å². The van der Waals surface area contributed by atoms with Crippen LogP contribution in [0.15, 0.2) is 53.6 Å². The molecule has 234 valence electrons. The molecule has 0 radical (unpaired) electrons. The number of carbonyl (C=O) groups is 4. The third kappa shape index (κ3) is 14.0. The van der Waals surface area contributed by atoms with Gasteiger partial charge < -0.3 is 24.3 Å². The van der Waals surface area contributed by atoms with E-state index in [2.05, 4.69) is 15.8 Å². The molecule has 2 aromatic rings. The molecule has 11 nitrogen and oxygen atoms in total. The van der Waals surface area contributed by atoms with E-state index < -0.39 is 40.8 Å². The second-order valence-electron chi connectivity index (χ2n) is 12.7. The Hall–Kier alpha value is -4.25. The van der Waals surface area contributed by atoms with E-state index in [1.54, 1.807) is 90.1 Å². The van der Waals surface area contributed by atoms with Crippen LogP contribution in [-0.2, 0) is 19.0 Å². The van der Waals surface area contributed by atoms with Crippen LogP contribution in [0.5, 0.6) is 5.75 Å². The number of hydrazone groups is 1. The molecule has 0 aliphatic heterocycles. The highest BCUT2D eigenvalue weighted by atomic mass is 16.6. The average molecular weight is 598 g/mol. The number of ketones is 1. The summed E-state index contributed by atoms with van der Waals surface area (Å²) < 4.78 is 21.7. The zero-order valence-electron chi connectivity index (χ0n) is 26.4. The summed E-state index contributed by atoms with van der Waals surface area (Å²) in [5.74, 6) is -0.941. The van der Waals surface area contributed by atoms with Gasteiger partial charge in [-0.25, -0.2) is 15.0 Å². The molecule has 0 saturated heterocycles. The van der Waals surface area contributed by atoms with Gasteiger partial charge in [0.2, 0.25) is 0 Å².